The van der Waals surface area contributed by atoms with Crippen molar-refractivity contribution in [2.75, 3.05) is 4.90 Å². The van der Waals surface area contributed by atoms with Crippen LogP contribution in [0.1, 0.15) is 5.56 Å². The quantitative estimate of drug-likeness (QED) is 0.434. The fourth-order valence-electron chi connectivity index (χ4n) is 1.89. The monoisotopic (exact) mass is 351 g/mol. The Balaban J connectivity index is 2.23. The van der Waals surface area contributed by atoms with E-state index < -0.39 is 29.1 Å². The highest BCUT2D eigenvalue weighted by Crippen LogP contribution is 2.31. The van der Waals surface area contributed by atoms with E-state index in [0.717, 1.165) is 12.1 Å². The summed E-state index contributed by atoms with van der Waals surface area (Å²) < 4.78 is 5.08. The van der Waals surface area contributed by atoms with E-state index >= 15 is 0 Å². The first-order valence-electron chi connectivity index (χ1n) is 6.79. The summed E-state index contributed by atoms with van der Waals surface area (Å²) in [5.41, 5.74) is -1.08. The Labute approximate surface area is 142 Å². The van der Waals surface area contributed by atoms with E-state index in [9.17, 15) is 19.8 Å². The van der Waals surface area contributed by atoms with Gasteiger partial charge in [-0.05, 0) is 17.7 Å². The number of halogens is 1. The Morgan fingerprint density at radius 3 is 2.33 bits per heavy atom. The van der Waals surface area contributed by atoms with Gasteiger partial charge < -0.3 is 20.1 Å². The molecule has 0 fully saturated rings. The number of hydrogen-bond acceptors (Lipinski definition) is 5. The number of hydrogen-bond donors (Lipinski definition) is 3. The molecule has 0 saturated carbocycles. The van der Waals surface area contributed by atoms with Crippen LogP contribution >= 0.6 is 11.6 Å². The molecule has 0 spiro atoms. The first-order chi connectivity index (χ1) is 11.4. The lowest BCUT2D eigenvalue weighted by atomic mass is 10.2. The molecule has 24 heavy (non-hydrogen) atoms. The minimum atomic E-state index is -1.75. The van der Waals surface area contributed by atoms with Crippen LogP contribution in [0.4, 0.5) is 10.5 Å². The fraction of sp³-hybridized carbons (Fsp3) is 0.125. The van der Waals surface area contributed by atoms with Gasteiger partial charge in [0.1, 0.15) is 6.61 Å². The van der Waals surface area contributed by atoms with Crippen molar-refractivity contribution in [3.05, 3.63) is 54.1 Å². The van der Waals surface area contributed by atoms with Crippen LogP contribution in [-0.2, 0) is 16.1 Å². The average molecular weight is 352 g/mol. The van der Waals surface area contributed by atoms with Crippen molar-refractivity contribution in [1.82, 2.24) is 0 Å². The normalized spacial score (nSPS) is 11.5. The number of rotatable bonds is 5. The molecular weight excluding hydrogens is 338 g/mol. The Kier molecular flexibility index (Phi) is 5.49. The Morgan fingerprint density at radius 1 is 1.08 bits per heavy atom. The van der Waals surface area contributed by atoms with Gasteiger partial charge in [-0.15, -0.1) is 0 Å². The summed E-state index contributed by atoms with van der Waals surface area (Å²) in [6.07, 6.45) is -1.01. The molecule has 1 unspecified atom stereocenters. The number of nitrogens with zero attached hydrogens (tertiary/aromatic N) is 1. The molecule has 2 aromatic carbocycles. The van der Waals surface area contributed by atoms with Crippen molar-refractivity contribution in [2.24, 2.45) is 0 Å². The molecule has 0 aliphatic carbocycles. The summed E-state index contributed by atoms with van der Waals surface area (Å²) in [7, 11) is 0. The van der Waals surface area contributed by atoms with Crippen molar-refractivity contribution < 1.29 is 29.6 Å². The largest absolute Gasteiger partial charge is 0.504 e. The van der Waals surface area contributed by atoms with E-state index in [0.29, 0.717) is 10.5 Å². The number of phenolic OH excluding ortho intramolecular Hbond substituents is 2. The van der Waals surface area contributed by atoms with Crippen molar-refractivity contribution in [3.63, 3.8) is 0 Å². The maximum Gasteiger partial charge on any atom is 0.416 e. The second kappa shape index (κ2) is 7.56. The van der Waals surface area contributed by atoms with Gasteiger partial charge >= 0.3 is 12.1 Å². The third-order valence-electron chi connectivity index (χ3n) is 3.07. The summed E-state index contributed by atoms with van der Waals surface area (Å²) in [6, 6.07) is 12.2. The number of ether oxygens (including phenoxy) is 1. The van der Waals surface area contributed by atoms with Crippen LogP contribution in [0.3, 0.4) is 0 Å². The van der Waals surface area contributed by atoms with Gasteiger partial charge in [-0.3, -0.25) is 0 Å². The Hall–Kier alpha value is -2.93. The van der Waals surface area contributed by atoms with Crippen LogP contribution in [0.15, 0.2) is 48.5 Å². The molecule has 0 aliphatic rings. The second-order valence-corrected chi connectivity index (χ2v) is 5.17. The molecule has 1 amide bonds. The molecule has 2 rings (SSSR count). The zero-order valence-electron chi connectivity index (χ0n) is 12.3. The molecule has 0 radical (unpaired) electrons. The van der Waals surface area contributed by atoms with Gasteiger partial charge in [0.25, 0.3) is 0 Å². The Bertz CT molecular complexity index is 737. The molecule has 3 N–H and O–H groups in total. The minimum Gasteiger partial charge on any atom is -0.504 e. The first kappa shape index (κ1) is 17.4. The molecule has 0 bridgehead atoms. The van der Waals surface area contributed by atoms with Crippen molar-refractivity contribution in [1.29, 1.82) is 0 Å². The van der Waals surface area contributed by atoms with Crippen LogP contribution in [0, 0.1) is 0 Å². The van der Waals surface area contributed by atoms with Crippen LogP contribution < -0.4 is 4.90 Å². The van der Waals surface area contributed by atoms with E-state index in [2.05, 4.69) is 0 Å². The summed E-state index contributed by atoms with van der Waals surface area (Å²) >= 11 is 5.77. The number of aliphatic carboxylic acids is 1. The van der Waals surface area contributed by atoms with E-state index in [-0.39, 0.29) is 12.3 Å². The number of carbonyl (C=O) groups excluding carboxylic acids is 1. The van der Waals surface area contributed by atoms with Gasteiger partial charge in [-0.2, -0.15) is 0 Å². The number of anilines is 1. The molecule has 126 valence electrons. The highest BCUT2D eigenvalue weighted by atomic mass is 35.5. The van der Waals surface area contributed by atoms with Crippen molar-refractivity contribution in [2.45, 2.75) is 12.1 Å². The lowest BCUT2D eigenvalue weighted by Crippen LogP contribution is -2.42. The first-order valence-corrected chi connectivity index (χ1v) is 7.22. The smallest absolute Gasteiger partial charge is 0.416 e. The number of aromatic hydroxyl groups is 2. The molecule has 0 heterocycles. The number of alkyl halides is 1. The molecular formula is C16H14ClNO6. The van der Waals surface area contributed by atoms with Gasteiger partial charge in [0.05, 0.1) is 5.69 Å². The van der Waals surface area contributed by atoms with Gasteiger partial charge in [-0.1, -0.05) is 41.9 Å². The number of phenols is 2. The average Bonchev–Trinajstić information content (AvgIpc) is 2.57. The van der Waals surface area contributed by atoms with Crippen LogP contribution in [0.25, 0.3) is 0 Å². The highest BCUT2D eigenvalue weighted by Gasteiger charge is 2.31. The number of benzene rings is 2. The summed E-state index contributed by atoms with van der Waals surface area (Å²) in [4.78, 5) is 24.1. The summed E-state index contributed by atoms with van der Waals surface area (Å²) in [6.45, 7) is -0.0799. The van der Waals surface area contributed by atoms with E-state index in [1.165, 1.54) is 6.07 Å². The van der Waals surface area contributed by atoms with Crippen LogP contribution in [-0.4, -0.2) is 32.9 Å². The topological polar surface area (TPSA) is 107 Å². The van der Waals surface area contributed by atoms with Gasteiger partial charge in [0, 0.05) is 6.07 Å². The maximum atomic E-state index is 12.3. The lowest BCUT2D eigenvalue weighted by molar-refractivity contribution is -0.136. The molecule has 7 nitrogen and oxygen atoms in total. The fourth-order valence-corrected chi connectivity index (χ4v) is 2.08. The molecule has 0 aromatic heterocycles. The molecule has 0 saturated heterocycles. The summed E-state index contributed by atoms with van der Waals surface area (Å²) in [5, 5.41) is 27.9. The number of carboxylic acid groups (broad SMARTS) is 1. The van der Waals surface area contributed by atoms with Crippen LogP contribution in [0.2, 0.25) is 0 Å². The van der Waals surface area contributed by atoms with Gasteiger partial charge in [0.2, 0.25) is 5.50 Å². The Morgan fingerprint density at radius 2 is 1.75 bits per heavy atom. The molecule has 0 aliphatic heterocycles. The predicted octanol–water partition coefficient (Wildman–Crippen LogP) is 2.89. The van der Waals surface area contributed by atoms with Gasteiger partial charge in [0.15, 0.2) is 11.5 Å². The number of amides is 1. The summed E-state index contributed by atoms with van der Waals surface area (Å²) in [5.74, 6) is -2.42. The predicted molar refractivity (Wildman–Crippen MR) is 86.2 cm³/mol. The molecule has 2 aromatic rings. The standard InChI is InChI=1S/C16H14ClNO6/c17-14(15(21)22)18(11-6-7-12(19)13(20)8-11)16(23)24-9-10-4-2-1-3-5-10/h1-8,14,19-20H,9H2,(H,21,22). The maximum absolute atomic E-state index is 12.3. The third kappa shape index (κ3) is 4.08. The minimum absolute atomic E-state index is 0.0363. The number of carboxylic acids is 1. The van der Waals surface area contributed by atoms with Crippen molar-refractivity contribution >= 4 is 29.4 Å². The van der Waals surface area contributed by atoms with Gasteiger partial charge in [-0.25, -0.2) is 14.5 Å². The van der Waals surface area contributed by atoms with Crippen molar-refractivity contribution in [3.8, 4) is 11.5 Å². The van der Waals surface area contributed by atoms with E-state index in [1.807, 2.05) is 0 Å². The number of carbonyl (C=O) groups is 2. The zero-order valence-corrected chi connectivity index (χ0v) is 13.1. The lowest BCUT2D eigenvalue weighted by Gasteiger charge is -2.24. The second-order valence-electron chi connectivity index (χ2n) is 4.76. The van der Waals surface area contributed by atoms with Crippen LogP contribution in [0.5, 0.6) is 11.5 Å². The van der Waals surface area contributed by atoms with E-state index in [4.69, 9.17) is 21.4 Å². The highest BCUT2D eigenvalue weighted by molar-refractivity contribution is 6.33. The van der Waals surface area contributed by atoms with E-state index in [1.54, 1.807) is 30.3 Å². The molecule has 8 heteroatoms. The molecule has 1 atom stereocenters. The third-order valence-corrected chi connectivity index (χ3v) is 3.45. The SMILES string of the molecule is O=C(O)C(Cl)N(C(=O)OCc1ccccc1)c1ccc(O)c(O)c1. The zero-order chi connectivity index (χ0) is 17.7.